The first-order chi connectivity index (χ1) is 7.61. The van der Waals surface area contributed by atoms with Gasteiger partial charge in [-0.2, -0.15) is 0 Å². The lowest BCUT2D eigenvalue weighted by molar-refractivity contribution is -0.170. The van der Waals surface area contributed by atoms with Gasteiger partial charge in [0, 0.05) is 13.3 Å². The Kier molecular flexibility index (Phi) is 5.62. The molecule has 0 spiro atoms. The molecule has 6 heteroatoms. The lowest BCUT2D eigenvalue weighted by Gasteiger charge is -2.11. The van der Waals surface area contributed by atoms with Crippen LogP contribution in [0.15, 0.2) is 0 Å². The molecule has 1 aliphatic heterocycles. The fourth-order valence-electron chi connectivity index (χ4n) is 1.35. The van der Waals surface area contributed by atoms with E-state index in [-0.39, 0.29) is 17.4 Å². The molecule has 92 valence electrons. The fourth-order valence-corrected chi connectivity index (χ4v) is 2.40. The zero-order valence-electron chi connectivity index (χ0n) is 9.43. The third-order valence-corrected chi connectivity index (χ3v) is 3.25. The van der Waals surface area contributed by atoms with Crippen molar-refractivity contribution >= 4 is 23.7 Å². The van der Waals surface area contributed by atoms with E-state index in [0.717, 1.165) is 12.8 Å². The van der Waals surface area contributed by atoms with Gasteiger partial charge in [-0.1, -0.05) is 0 Å². The average molecular weight is 248 g/mol. The summed E-state index contributed by atoms with van der Waals surface area (Å²) in [6.07, 6.45) is 1.44. The molecule has 0 aromatic carbocycles. The molecule has 5 nitrogen and oxygen atoms in total. The molecule has 1 aliphatic rings. The summed E-state index contributed by atoms with van der Waals surface area (Å²) in [5, 5.41) is 0. The quantitative estimate of drug-likeness (QED) is 0.684. The van der Waals surface area contributed by atoms with Gasteiger partial charge in [0.2, 0.25) is 6.29 Å². The molecule has 0 aliphatic carbocycles. The molecule has 2 unspecified atom stereocenters. The van der Waals surface area contributed by atoms with E-state index < -0.39 is 6.29 Å². The van der Waals surface area contributed by atoms with Crippen molar-refractivity contribution in [2.24, 2.45) is 0 Å². The second-order valence-electron chi connectivity index (χ2n) is 3.41. The van der Waals surface area contributed by atoms with Crippen molar-refractivity contribution in [3.63, 3.8) is 0 Å². The molecule has 0 radical (unpaired) electrons. The molecule has 0 aromatic heterocycles. The molecular weight excluding hydrogens is 232 g/mol. The average Bonchev–Trinajstić information content (AvgIpc) is 2.64. The zero-order chi connectivity index (χ0) is 12.0. The summed E-state index contributed by atoms with van der Waals surface area (Å²) in [7, 11) is 1.37. The number of esters is 2. The minimum Gasteiger partial charge on any atom is -0.469 e. The van der Waals surface area contributed by atoms with E-state index >= 15 is 0 Å². The molecule has 16 heavy (non-hydrogen) atoms. The number of thioether (sulfide) groups is 1. The first-order valence-corrected chi connectivity index (χ1v) is 6.18. The first kappa shape index (κ1) is 13.3. The predicted molar refractivity (Wildman–Crippen MR) is 58.8 cm³/mol. The third kappa shape index (κ3) is 4.85. The molecule has 0 saturated carbocycles. The van der Waals surface area contributed by atoms with E-state index in [1.54, 1.807) is 11.8 Å². The van der Waals surface area contributed by atoms with Crippen LogP contribution in [-0.2, 0) is 23.8 Å². The molecule has 0 N–H and O–H groups in total. The molecular formula is C10H16O5S. The largest absolute Gasteiger partial charge is 0.469 e. The molecule has 2 atom stereocenters. The SMILES string of the molecule is COC(=O)CCCC1OC(OC(C)=O)CS1. The smallest absolute Gasteiger partial charge is 0.305 e. The summed E-state index contributed by atoms with van der Waals surface area (Å²) < 4.78 is 14.9. The normalized spacial score (nSPS) is 24.1. The third-order valence-electron chi connectivity index (χ3n) is 2.07. The van der Waals surface area contributed by atoms with Gasteiger partial charge in [0.25, 0.3) is 0 Å². The van der Waals surface area contributed by atoms with Crippen molar-refractivity contribution in [3.05, 3.63) is 0 Å². The predicted octanol–water partition coefficient (Wildman–Crippen LogP) is 1.31. The van der Waals surface area contributed by atoms with Gasteiger partial charge in [-0.15, -0.1) is 11.8 Å². The number of methoxy groups -OCH3 is 1. The second kappa shape index (κ2) is 6.75. The monoisotopic (exact) mass is 248 g/mol. The Hall–Kier alpha value is -0.750. The minimum atomic E-state index is -0.439. The van der Waals surface area contributed by atoms with Gasteiger partial charge in [0.1, 0.15) is 5.44 Å². The maximum atomic E-state index is 10.9. The number of ether oxygens (including phenoxy) is 3. The maximum absolute atomic E-state index is 10.9. The Morgan fingerprint density at radius 3 is 2.88 bits per heavy atom. The number of carbonyl (C=O) groups is 2. The van der Waals surface area contributed by atoms with Crippen LogP contribution in [0.25, 0.3) is 0 Å². The van der Waals surface area contributed by atoms with Crippen LogP contribution in [0.5, 0.6) is 0 Å². The van der Waals surface area contributed by atoms with Gasteiger partial charge >= 0.3 is 11.9 Å². The van der Waals surface area contributed by atoms with Crippen LogP contribution in [-0.4, -0.2) is 36.5 Å². The zero-order valence-corrected chi connectivity index (χ0v) is 10.2. The maximum Gasteiger partial charge on any atom is 0.305 e. The highest BCUT2D eigenvalue weighted by atomic mass is 32.2. The van der Waals surface area contributed by atoms with Gasteiger partial charge in [0.05, 0.1) is 12.9 Å². The summed E-state index contributed by atoms with van der Waals surface area (Å²) >= 11 is 1.60. The van der Waals surface area contributed by atoms with Crippen molar-refractivity contribution in [2.75, 3.05) is 12.9 Å². The second-order valence-corrected chi connectivity index (χ2v) is 4.60. The Morgan fingerprint density at radius 1 is 1.50 bits per heavy atom. The molecule has 1 heterocycles. The van der Waals surface area contributed by atoms with Crippen LogP contribution in [0.1, 0.15) is 26.2 Å². The Labute approximate surface area is 98.8 Å². The summed E-state index contributed by atoms with van der Waals surface area (Å²) in [6, 6.07) is 0. The Bertz CT molecular complexity index is 256. The van der Waals surface area contributed by atoms with Crippen LogP contribution < -0.4 is 0 Å². The van der Waals surface area contributed by atoms with Crippen molar-refractivity contribution in [1.29, 1.82) is 0 Å². The van der Waals surface area contributed by atoms with Crippen molar-refractivity contribution in [2.45, 2.75) is 37.9 Å². The number of hydrogen-bond acceptors (Lipinski definition) is 6. The van der Waals surface area contributed by atoms with E-state index in [2.05, 4.69) is 4.74 Å². The van der Waals surface area contributed by atoms with Gasteiger partial charge in [-0.25, -0.2) is 0 Å². The van der Waals surface area contributed by atoms with Crippen molar-refractivity contribution in [3.8, 4) is 0 Å². The molecule has 0 aromatic rings. The minimum absolute atomic E-state index is 0.00834. The molecule has 1 rings (SSSR count). The van der Waals surface area contributed by atoms with Crippen molar-refractivity contribution < 1.29 is 23.8 Å². The van der Waals surface area contributed by atoms with Gasteiger partial charge in [0.15, 0.2) is 0 Å². The van der Waals surface area contributed by atoms with E-state index in [9.17, 15) is 9.59 Å². The molecule has 1 fully saturated rings. The number of rotatable bonds is 5. The highest BCUT2D eigenvalue weighted by Crippen LogP contribution is 2.29. The lowest BCUT2D eigenvalue weighted by atomic mass is 10.2. The molecule has 0 amide bonds. The first-order valence-electron chi connectivity index (χ1n) is 5.13. The van der Waals surface area contributed by atoms with Crippen LogP contribution in [0.3, 0.4) is 0 Å². The van der Waals surface area contributed by atoms with Crippen LogP contribution in [0, 0.1) is 0 Å². The summed E-state index contributed by atoms with van der Waals surface area (Å²) in [4.78, 5) is 21.5. The van der Waals surface area contributed by atoms with Gasteiger partial charge in [-0.05, 0) is 12.8 Å². The summed E-state index contributed by atoms with van der Waals surface area (Å²) in [6.45, 7) is 1.36. The van der Waals surface area contributed by atoms with E-state index in [1.807, 2.05) is 0 Å². The van der Waals surface area contributed by atoms with E-state index in [0.29, 0.717) is 12.2 Å². The molecule has 1 saturated heterocycles. The topological polar surface area (TPSA) is 61.8 Å². The van der Waals surface area contributed by atoms with E-state index in [1.165, 1.54) is 14.0 Å². The van der Waals surface area contributed by atoms with Crippen LogP contribution in [0.4, 0.5) is 0 Å². The summed E-state index contributed by atoms with van der Waals surface area (Å²) in [5.41, 5.74) is 0.00834. The Balaban J connectivity index is 2.12. The summed E-state index contributed by atoms with van der Waals surface area (Å²) in [5.74, 6) is 0.114. The van der Waals surface area contributed by atoms with Crippen molar-refractivity contribution in [1.82, 2.24) is 0 Å². The highest BCUT2D eigenvalue weighted by molar-refractivity contribution is 8.00. The number of hydrogen-bond donors (Lipinski definition) is 0. The fraction of sp³-hybridized carbons (Fsp3) is 0.800. The van der Waals surface area contributed by atoms with Crippen LogP contribution in [0.2, 0.25) is 0 Å². The number of carbonyl (C=O) groups excluding carboxylic acids is 2. The highest BCUT2D eigenvalue weighted by Gasteiger charge is 2.27. The van der Waals surface area contributed by atoms with Crippen LogP contribution >= 0.6 is 11.8 Å². The van der Waals surface area contributed by atoms with Gasteiger partial charge in [-0.3, -0.25) is 9.59 Å². The Morgan fingerprint density at radius 2 is 2.25 bits per heavy atom. The molecule has 0 bridgehead atoms. The lowest BCUT2D eigenvalue weighted by Crippen LogP contribution is -2.19. The van der Waals surface area contributed by atoms with Gasteiger partial charge < -0.3 is 14.2 Å². The standard InChI is InChI=1S/C10H16O5S/c1-7(11)14-9-6-16-10(15-9)5-3-4-8(12)13-2/h9-10H,3-6H2,1-2H3. The van der Waals surface area contributed by atoms with E-state index in [4.69, 9.17) is 9.47 Å².